The number of imide groups is 1. The maximum atomic E-state index is 13.1. The third kappa shape index (κ3) is 3.98. The van der Waals surface area contributed by atoms with E-state index in [4.69, 9.17) is 9.47 Å². The molecule has 2 heterocycles. The molecule has 2 saturated heterocycles. The minimum atomic E-state index is -0.397. The first-order chi connectivity index (χ1) is 14.6. The Bertz CT molecular complexity index is 907. The van der Waals surface area contributed by atoms with E-state index in [2.05, 4.69) is 9.80 Å². The molecule has 4 rings (SSSR count). The van der Waals surface area contributed by atoms with Gasteiger partial charge in [-0.3, -0.25) is 14.5 Å². The Balaban J connectivity index is 1.41. The normalized spacial score (nSPS) is 20.0. The van der Waals surface area contributed by atoms with Crippen molar-refractivity contribution in [2.75, 3.05) is 49.7 Å². The molecule has 30 heavy (non-hydrogen) atoms. The van der Waals surface area contributed by atoms with Gasteiger partial charge >= 0.3 is 0 Å². The van der Waals surface area contributed by atoms with E-state index in [1.807, 2.05) is 43.3 Å². The zero-order chi connectivity index (χ0) is 21.1. The van der Waals surface area contributed by atoms with Crippen LogP contribution in [-0.2, 0) is 9.59 Å². The summed E-state index contributed by atoms with van der Waals surface area (Å²) in [6.45, 7) is 5.53. The van der Waals surface area contributed by atoms with Crippen LogP contribution in [0.15, 0.2) is 48.5 Å². The molecule has 0 N–H and O–H groups in total. The van der Waals surface area contributed by atoms with Crippen molar-refractivity contribution in [1.29, 1.82) is 0 Å². The van der Waals surface area contributed by atoms with Crippen LogP contribution in [0.4, 0.5) is 11.4 Å². The topological polar surface area (TPSA) is 62.3 Å². The van der Waals surface area contributed by atoms with Crippen molar-refractivity contribution >= 4 is 23.2 Å². The van der Waals surface area contributed by atoms with Gasteiger partial charge in [-0.25, -0.2) is 4.90 Å². The minimum Gasteiger partial charge on any atom is -0.497 e. The van der Waals surface area contributed by atoms with Crippen LogP contribution in [0, 0.1) is 0 Å². The van der Waals surface area contributed by atoms with Crippen LogP contribution in [0.2, 0.25) is 0 Å². The van der Waals surface area contributed by atoms with Crippen molar-refractivity contribution < 1.29 is 19.1 Å². The molecule has 1 atom stereocenters. The maximum Gasteiger partial charge on any atom is 0.251 e. The first kappa shape index (κ1) is 20.2. The summed E-state index contributed by atoms with van der Waals surface area (Å²) in [4.78, 5) is 31.5. The van der Waals surface area contributed by atoms with Gasteiger partial charge in [0.25, 0.3) is 5.91 Å². The summed E-state index contributed by atoms with van der Waals surface area (Å²) in [6, 6.07) is 14.8. The quantitative estimate of drug-likeness (QED) is 0.684. The average Bonchev–Trinajstić information content (AvgIpc) is 3.08. The Labute approximate surface area is 176 Å². The lowest BCUT2D eigenvalue weighted by atomic mass is 10.1. The average molecular weight is 409 g/mol. The lowest BCUT2D eigenvalue weighted by Gasteiger charge is -2.38. The Hall–Kier alpha value is -3.06. The molecule has 2 aromatic rings. The lowest BCUT2D eigenvalue weighted by molar-refractivity contribution is -0.123. The molecule has 7 nitrogen and oxygen atoms in total. The highest BCUT2D eigenvalue weighted by atomic mass is 16.5. The second-order valence-electron chi connectivity index (χ2n) is 7.44. The first-order valence-electron chi connectivity index (χ1n) is 10.3. The molecule has 2 aliphatic rings. The molecule has 0 bridgehead atoms. The van der Waals surface area contributed by atoms with E-state index in [-0.39, 0.29) is 18.2 Å². The molecule has 0 radical (unpaired) electrons. The fourth-order valence-corrected chi connectivity index (χ4v) is 4.14. The summed E-state index contributed by atoms with van der Waals surface area (Å²) in [5.74, 6) is 1.19. The van der Waals surface area contributed by atoms with Gasteiger partial charge in [0.2, 0.25) is 5.91 Å². The van der Waals surface area contributed by atoms with Crippen molar-refractivity contribution in [2.24, 2.45) is 0 Å². The van der Waals surface area contributed by atoms with Gasteiger partial charge in [0.05, 0.1) is 31.9 Å². The third-order valence-corrected chi connectivity index (χ3v) is 5.70. The van der Waals surface area contributed by atoms with Crippen molar-refractivity contribution in [2.45, 2.75) is 19.4 Å². The molecule has 0 unspecified atom stereocenters. The van der Waals surface area contributed by atoms with Gasteiger partial charge in [-0.05, 0) is 43.3 Å². The van der Waals surface area contributed by atoms with E-state index in [1.54, 1.807) is 19.2 Å². The van der Waals surface area contributed by atoms with Crippen LogP contribution in [0.1, 0.15) is 13.3 Å². The predicted octanol–water partition coefficient (Wildman–Crippen LogP) is 2.55. The van der Waals surface area contributed by atoms with Gasteiger partial charge in [0.1, 0.15) is 11.5 Å². The van der Waals surface area contributed by atoms with Gasteiger partial charge < -0.3 is 14.4 Å². The SMILES string of the molecule is CCOc1cccc(N2C(=O)C[C@H](N3CCN(c4ccc(OC)cc4)CC3)C2=O)c1. The van der Waals surface area contributed by atoms with E-state index in [1.165, 1.54) is 4.90 Å². The fourth-order valence-electron chi connectivity index (χ4n) is 4.14. The monoisotopic (exact) mass is 409 g/mol. The lowest BCUT2D eigenvalue weighted by Crippen LogP contribution is -2.52. The number of carbonyl (C=O) groups is 2. The van der Waals surface area contributed by atoms with Crippen LogP contribution >= 0.6 is 0 Å². The zero-order valence-electron chi connectivity index (χ0n) is 17.4. The fraction of sp³-hybridized carbons (Fsp3) is 0.391. The minimum absolute atomic E-state index is 0.147. The number of rotatable bonds is 6. The Kier molecular flexibility index (Phi) is 5.90. The van der Waals surface area contributed by atoms with Gasteiger partial charge in [0.15, 0.2) is 0 Å². The van der Waals surface area contributed by atoms with Crippen LogP contribution in [0.3, 0.4) is 0 Å². The molecule has 2 aromatic carbocycles. The highest BCUT2D eigenvalue weighted by Crippen LogP contribution is 2.29. The molecule has 2 aliphatic heterocycles. The van der Waals surface area contributed by atoms with Crippen molar-refractivity contribution in [3.05, 3.63) is 48.5 Å². The number of piperazine rings is 1. The number of nitrogens with zero attached hydrogens (tertiary/aromatic N) is 3. The molecular weight excluding hydrogens is 382 g/mol. The highest BCUT2D eigenvalue weighted by molar-refractivity contribution is 6.22. The second-order valence-corrected chi connectivity index (χ2v) is 7.44. The van der Waals surface area contributed by atoms with E-state index < -0.39 is 6.04 Å². The molecule has 0 spiro atoms. The molecule has 7 heteroatoms. The Morgan fingerprint density at radius 1 is 0.933 bits per heavy atom. The third-order valence-electron chi connectivity index (χ3n) is 5.70. The number of methoxy groups -OCH3 is 1. The number of benzene rings is 2. The van der Waals surface area contributed by atoms with E-state index in [0.717, 1.165) is 37.6 Å². The van der Waals surface area contributed by atoms with E-state index in [9.17, 15) is 9.59 Å². The summed E-state index contributed by atoms with van der Waals surface area (Å²) >= 11 is 0. The maximum absolute atomic E-state index is 13.1. The van der Waals surface area contributed by atoms with E-state index in [0.29, 0.717) is 18.0 Å². The molecule has 2 amide bonds. The standard InChI is InChI=1S/C23H27N3O4/c1-3-30-20-6-4-5-18(15-20)26-22(27)16-21(23(26)28)25-13-11-24(12-14-25)17-7-9-19(29-2)10-8-17/h4-10,15,21H,3,11-14,16H2,1-2H3/t21-/m0/s1. The molecule has 2 fully saturated rings. The smallest absolute Gasteiger partial charge is 0.251 e. The van der Waals surface area contributed by atoms with Crippen molar-refractivity contribution in [3.8, 4) is 11.5 Å². The zero-order valence-corrected chi connectivity index (χ0v) is 17.4. The first-order valence-corrected chi connectivity index (χ1v) is 10.3. The molecule has 0 aliphatic carbocycles. The summed E-state index contributed by atoms with van der Waals surface area (Å²) in [5.41, 5.74) is 1.72. The molecule has 158 valence electrons. The summed E-state index contributed by atoms with van der Waals surface area (Å²) in [6.07, 6.45) is 0.222. The van der Waals surface area contributed by atoms with Crippen molar-refractivity contribution in [1.82, 2.24) is 4.90 Å². The van der Waals surface area contributed by atoms with Crippen LogP contribution in [0.25, 0.3) is 0 Å². The van der Waals surface area contributed by atoms with Gasteiger partial charge in [0, 0.05) is 37.9 Å². The highest BCUT2D eigenvalue weighted by Gasteiger charge is 2.43. The number of amides is 2. The van der Waals surface area contributed by atoms with Gasteiger partial charge in [-0.2, -0.15) is 0 Å². The number of hydrogen-bond donors (Lipinski definition) is 0. The van der Waals surface area contributed by atoms with Crippen LogP contribution in [0.5, 0.6) is 11.5 Å². The number of ether oxygens (including phenoxy) is 2. The predicted molar refractivity (Wildman–Crippen MR) is 115 cm³/mol. The molecular formula is C23H27N3O4. The molecule has 0 aromatic heterocycles. The Morgan fingerprint density at radius 2 is 1.67 bits per heavy atom. The van der Waals surface area contributed by atoms with Crippen molar-refractivity contribution in [3.63, 3.8) is 0 Å². The number of anilines is 2. The summed E-state index contributed by atoms with van der Waals surface area (Å²) in [5, 5.41) is 0. The van der Waals surface area contributed by atoms with Gasteiger partial charge in [-0.1, -0.05) is 6.07 Å². The van der Waals surface area contributed by atoms with E-state index >= 15 is 0 Å². The van der Waals surface area contributed by atoms with Crippen LogP contribution in [-0.4, -0.2) is 62.7 Å². The second kappa shape index (κ2) is 8.75. The largest absolute Gasteiger partial charge is 0.497 e. The van der Waals surface area contributed by atoms with Gasteiger partial charge in [-0.15, -0.1) is 0 Å². The Morgan fingerprint density at radius 3 is 2.33 bits per heavy atom. The number of hydrogen-bond acceptors (Lipinski definition) is 6. The summed E-state index contributed by atoms with van der Waals surface area (Å²) < 4.78 is 10.7. The molecule has 0 saturated carbocycles. The van der Waals surface area contributed by atoms with Crippen LogP contribution < -0.4 is 19.3 Å². The summed E-state index contributed by atoms with van der Waals surface area (Å²) in [7, 11) is 1.66. The number of carbonyl (C=O) groups excluding carboxylic acids is 2.